The average Bonchev–Trinajstić information content (AvgIpc) is 2.28. The maximum Gasteiger partial charge on any atom is 0.322 e. The summed E-state index contributed by atoms with van der Waals surface area (Å²) in [5.41, 5.74) is 0. The van der Waals surface area contributed by atoms with Gasteiger partial charge in [0, 0.05) is 0 Å². The van der Waals surface area contributed by atoms with Crippen molar-refractivity contribution >= 4 is 21.9 Å². The summed E-state index contributed by atoms with van der Waals surface area (Å²) in [5.74, 6) is -0.0895. The predicted molar refractivity (Wildman–Crippen MR) is 72.0 cm³/mol. The van der Waals surface area contributed by atoms with Crippen molar-refractivity contribution in [3.63, 3.8) is 0 Å². The summed E-state index contributed by atoms with van der Waals surface area (Å²) < 4.78 is 4.86. The van der Waals surface area contributed by atoms with Gasteiger partial charge < -0.3 is 4.74 Å². The highest BCUT2D eigenvalue weighted by Crippen LogP contribution is 2.29. The van der Waals surface area contributed by atoms with Crippen molar-refractivity contribution in [1.29, 1.82) is 0 Å². The van der Waals surface area contributed by atoms with E-state index < -0.39 is 4.32 Å². The average molecular weight is 293 g/mol. The molecule has 0 N–H and O–H groups in total. The van der Waals surface area contributed by atoms with E-state index in [1.807, 2.05) is 6.92 Å². The molecule has 3 heteroatoms. The van der Waals surface area contributed by atoms with Gasteiger partial charge in [-0.25, -0.2) is 0 Å². The van der Waals surface area contributed by atoms with E-state index in [-0.39, 0.29) is 5.97 Å². The third-order valence-electron chi connectivity index (χ3n) is 2.80. The van der Waals surface area contributed by atoms with E-state index in [0.29, 0.717) is 6.61 Å². The van der Waals surface area contributed by atoms with Crippen LogP contribution in [0.25, 0.3) is 0 Å². The lowest BCUT2D eigenvalue weighted by molar-refractivity contribution is -0.146. The number of esters is 1. The Labute approximate surface area is 108 Å². The molecular formula is C13H25BrO2. The maximum absolute atomic E-state index is 11.8. The Balaban J connectivity index is 3.84. The van der Waals surface area contributed by atoms with Crippen LogP contribution in [0.5, 0.6) is 0 Å². The van der Waals surface area contributed by atoms with E-state index in [1.54, 1.807) is 0 Å². The van der Waals surface area contributed by atoms with Gasteiger partial charge in [0.05, 0.1) is 6.61 Å². The second-order valence-electron chi connectivity index (χ2n) is 4.27. The molecule has 0 amide bonds. The number of alkyl halides is 1. The molecule has 1 unspecified atom stereocenters. The van der Waals surface area contributed by atoms with Gasteiger partial charge in [0.25, 0.3) is 0 Å². The molecule has 0 aliphatic heterocycles. The van der Waals surface area contributed by atoms with Crippen LogP contribution in [0, 0.1) is 0 Å². The number of carbonyl (C=O) groups is 1. The van der Waals surface area contributed by atoms with Crippen LogP contribution in [0.4, 0.5) is 0 Å². The first-order valence-electron chi connectivity index (χ1n) is 6.46. The standard InChI is InChI=1S/C13H25BrO2/c1-4-7-8-9-11-16-12(15)13(14,6-3)10-5-2/h4-11H2,1-3H3. The summed E-state index contributed by atoms with van der Waals surface area (Å²) in [6.07, 6.45) is 7.19. The van der Waals surface area contributed by atoms with E-state index >= 15 is 0 Å². The van der Waals surface area contributed by atoms with Crippen LogP contribution >= 0.6 is 15.9 Å². The summed E-state index contributed by atoms with van der Waals surface area (Å²) >= 11 is 3.52. The second-order valence-corrected chi connectivity index (χ2v) is 5.78. The fourth-order valence-electron chi connectivity index (χ4n) is 1.64. The van der Waals surface area contributed by atoms with Crippen LogP contribution in [-0.2, 0) is 9.53 Å². The minimum atomic E-state index is -0.452. The Hall–Kier alpha value is -0.0500. The molecule has 0 rings (SSSR count). The zero-order chi connectivity index (χ0) is 12.4. The molecule has 0 spiro atoms. The Kier molecular flexibility index (Phi) is 9.00. The summed E-state index contributed by atoms with van der Waals surface area (Å²) in [7, 11) is 0. The van der Waals surface area contributed by atoms with Crippen molar-refractivity contribution in [1.82, 2.24) is 0 Å². The molecule has 0 fully saturated rings. The first kappa shape index (κ1) is 16.0. The molecule has 16 heavy (non-hydrogen) atoms. The maximum atomic E-state index is 11.8. The number of halogens is 1. The molecule has 0 radical (unpaired) electrons. The zero-order valence-corrected chi connectivity index (χ0v) is 12.4. The smallest absolute Gasteiger partial charge is 0.322 e. The fraction of sp³-hybridized carbons (Fsp3) is 0.923. The van der Waals surface area contributed by atoms with Crippen LogP contribution in [0.15, 0.2) is 0 Å². The highest BCUT2D eigenvalue weighted by atomic mass is 79.9. The number of hydrogen-bond donors (Lipinski definition) is 0. The monoisotopic (exact) mass is 292 g/mol. The third-order valence-corrected chi connectivity index (χ3v) is 4.08. The molecule has 0 aromatic carbocycles. The summed E-state index contributed by atoms with van der Waals surface area (Å²) in [6, 6.07) is 0. The Morgan fingerprint density at radius 2 is 1.81 bits per heavy atom. The molecule has 2 nitrogen and oxygen atoms in total. The number of hydrogen-bond acceptors (Lipinski definition) is 2. The van der Waals surface area contributed by atoms with Crippen LogP contribution in [0.3, 0.4) is 0 Å². The summed E-state index contributed by atoms with van der Waals surface area (Å²) in [5, 5.41) is 0. The Bertz CT molecular complexity index is 194. The predicted octanol–water partition coefficient (Wildman–Crippen LogP) is 4.45. The van der Waals surface area contributed by atoms with Crippen molar-refractivity contribution in [3.8, 4) is 0 Å². The molecule has 96 valence electrons. The topological polar surface area (TPSA) is 26.3 Å². The molecule has 0 aromatic rings. The van der Waals surface area contributed by atoms with Crippen molar-refractivity contribution in [2.75, 3.05) is 6.61 Å². The lowest BCUT2D eigenvalue weighted by atomic mass is 10.0. The zero-order valence-electron chi connectivity index (χ0n) is 10.9. The largest absolute Gasteiger partial charge is 0.465 e. The molecule has 0 bridgehead atoms. The first-order valence-corrected chi connectivity index (χ1v) is 7.26. The third kappa shape index (κ3) is 5.88. The van der Waals surface area contributed by atoms with E-state index in [9.17, 15) is 4.79 Å². The van der Waals surface area contributed by atoms with Gasteiger partial charge in [0.1, 0.15) is 4.32 Å². The lowest BCUT2D eigenvalue weighted by Gasteiger charge is -2.23. The minimum Gasteiger partial charge on any atom is -0.465 e. The quantitative estimate of drug-likeness (QED) is 0.356. The second kappa shape index (κ2) is 9.03. The van der Waals surface area contributed by atoms with Crippen LogP contribution in [-0.4, -0.2) is 16.9 Å². The van der Waals surface area contributed by atoms with Crippen molar-refractivity contribution in [2.24, 2.45) is 0 Å². The molecule has 0 saturated carbocycles. The summed E-state index contributed by atoms with van der Waals surface area (Å²) in [6.45, 7) is 6.84. The van der Waals surface area contributed by atoms with Crippen molar-refractivity contribution in [2.45, 2.75) is 70.0 Å². The highest BCUT2D eigenvalue weighted by molar-refractivity contribution is 9.10. The molecule has 0 heterocycles. The Morgan fingerprint density at radius 1 is 1.12 bits per heavy atom. The van der Waals surface area contributed by atoms with Gasteiger partial charge in [-0.3, -0.25) is 4.79 Å². The molecule has 0 saturated heterocycles. The van der Waals surface area contributed by atoms with Gasteiger partial charge in [0.2, 0.25) is 0 Å². The van der Waals surface area contributed by atoms with Gasteiger partial charge in [0.15, 0.2) is 0 Å². The van der Waals surface area contributed by atoms with E-state index in [1.165, 1.54) is 12.8 Å². The van der Waals surface area contributed by atoms with Crippen LogP contribution in [0.1, 0.15) is 65.7 Å². The molecule has 0 aromatic heterocycles. The van der Waals surface area contributed by atoms with Gasteiger partial charge in [-0.1, -0.05) is 62.4 Å². The van der Waals surface area contributed by atoms with Gasteiger partial charge in [-0.05, 0) is 19.3 Å². The van der Waals surface area contributed by atoms with Gasteiger partial charge in [-0.2, -0.15) is 0 Å². The normalized spacial score (nSPS) is 14.5. The molecular weight excluding hydrogens is 268 g/mol. The van der Waals surface area contributed by atoms with Crippen LogP contribution in [0.2, 0.25) is 0 Å². The van der Waals surface area contributed by atoms with Crippen LogP contribution < -0.4 is 0 Å². The van der Waals surface area contributed by atoms with Gasteiger partial charge >= 0.3 is 5.97 Å². The molecule has 0 aliphatic rings. The Morgan fingerprint density at radius 3 is 2.31 bits per heavy atom. The number of ether oxygens (including phenoxy) is 1. The van der Waals surface area contributed by atoms with E-state index in [0.717, 1.165) is 32.1 Å². The van der Waals surface area contributed by atoms with Crippen molar-refractivity contribution in [3.05, 3.63) is 0 Å². The molecule has 1 atom stereocenters. The van der Waals surface area contributed by atoms with Gasteiger partial charge in [-0.15, -0.1) is 0 Å². The van der Waals surface area contributed by atoms with E-state index in [4.69, 9.17) is 4.74 Å². The minimum absolute atomic E-state index is 0.0895. The van der Waals surface area contributed by atoms with E-state index in [2.05, 4.69) is 29.8 Å². The fourth-order valence-corrected chi connectivity index (χ4v) is 2.15. The lowest BCUT2D eigenvalue weighted by Crippen LogP contribution is -2.33. The highest BCUT2D eigenvalue weighted by Gasteiger charge is 2.34. The number of unbranched alkanes of at least 4 members (excludes halogenated alkanes) is 3. The SMILES string of the molecule is CCCCCCOC(=O)C(Br)(CC)CCC. The van der Waals surface area contributed by atoms with Crippen molar-refractivity contribution < 1.29 is 9.53 Å². The first-order chi connectivity index (χ1) is 7.60. The summed E-state index contributed by atoms with van der Waals surface area (Å²) in [4.78, 5) is 11.8. The molecule has 0 aliphatic carbocycles. The number of rotatable bonds is 9. The number of carbonyl (C=O) groups excluding carboxylic acids is 1.